The van der Waals surface area contributed by atoms with Gasteiger partial charge in [0.25, 0.3) is 0 Å². The summed E-state index contributed by atoms with van der Waals surface area (Å²) in [6, 6.07) is 0.678. The second-order valence-electron chi connectivity index (χ2n) is 3.18. The summed E-state index contributed by atoms with van der Waals surface area (Å²) in [5.74, 6) is -4.19. The quantitative estimate of drug-likeness (QED) is 0.864. The molecule has 1 unspecified atom stereocenters. The molecule has 94 valence electrons. The molecule has 8 heteroatoms. The Morgan fingerprint density at radius 1 is 1.41 bits per heavy atom. The fraction of sp³-hybridized carbons (Fsp3) is 0.333. The molecule has 0 saturated heterocycles. The van der Waals surface area contributed by atoms with Crippen LogP contribution in [0.4, 0.5) is 13.2 Å². The number of pyridine rings is 1. The highest BCUT2D eigenvalue weighted by atomic mass is 35.5. The molecule has 0 aliphatic heterocycles. The highest BCUT2D eigenvalue weighted by molar-refractivity contribution is 6.33. The minimum absolute atomic E-state index is 0.369. The smallest absolute Gasteiger partial charge is 0.304 e. The van der Waals surface area contributed by atoms with Gasteiger partial charge in [-0.2, -0.15) is 0 Å². The van der Waals surface area contributed by atoms with E-state index in [-0.39, 0.29) is 5.56 Å². The Kier molecular flexibility index (Phi) is 4.59. The fourth-order valence-corrected chi connectivity index (χ4v) is 1.70. The molecular weight excluding hydrogens is 282 g/mol. The van der Waals surface area contributed by atoms with Crippen molar-refractivity contribution >= 4 is 29.2 Å². The second kappa shape index (κ2) is 5.55. The van der Waals surface area contributed by atoms with Crippen LogP contribution in [0.3, 0.4) is 0 Å². The van der Waals surface area contributed by atoms with E-state index in [4.69, 9.17) is 28.3 Å². The molecule has 1 rings (SSSR count). The SMILES string of the molecule is O=C(O)CC(c1cc(F)c(Cl)nc1Cl)C(F)F. The summed E-state index contributed by atoms with van der Waals surface area (Å²) >= 11 is 10.8. The Balaban J connectivity index is 3.18. The number of nitrogens with zero attached hydrogens (tertiary/aromatic N) is 1. The van der Waals surface area contributed by atoms with Gasteiger partial charge in [-0.1, -0.05) is 23.2 Å². The first-order valence-electron chi connectivity index (χ1n) is 4.34. The van der Waals surface area contributed by atoms with Gasteiger partial charge in [0.05, 0.1) is 12.3 Å². The van der Waals surface area contributed by atoms with Gasteiger partial charge in [0.15, 0.2) is 11.0 Å². The Morgan fingerprint density at radius 3 is 2.47 bits per heavy atom. The zero-order valence-electron chi connectivity index (χ0n) is 8.13. The van der Waals surface area contributed by atoms with E-state index in [0.717, 1.165) is 0 Å². The van der Waals surface area contributed by atoms with E-state index in [1.165, 1.54) is 0 Å². The normalized spacial score (nSPS) is 12.8. The van der Waals surface area contributed by atoms with E-state index in [9.17, 15) is 18.0 Å². The average molecular weight is 288 g/mol. The molecule has 3 nitrogen and oxygen atoms in total. The molecular formula is C9H6Cl2F3NO2. The molecule has 0 aliphatic rings. The van der Waals surface area contributed by atoms with Crippen molar-refractivity contribution in [3.63, 3.8) is 0 Å². The van der Waals surface area contributed by atoms with Crippen LogP contribution in [0.1, 0.15) is 17.9 Å². The van der Waals surface area contributed by atoms with Crippen molar-refractivity contribution in [3.05, 3.63) is 27.8 Å². The zero-order chi connectivity index (χ0) is 13.2. The van der Waals surface area contributed by atoms with E-state index in [1.807, 2.05) is 0 Å². The number of aromatic nitrogens is 1. The van der Waals surface area contributed by atoms with Crippen LogP contribution >= 0.6 is 23.2 Å². The fourth-order valence-electron chi connectivity index (χ4n) is 1.24. The van der Waals surface area contributed by atoms with Crippen LogP contribution in [-0.4, -0.2) is 22.5 Å². The van der Waals surface area contributed by atoms with Crippen molar-refractivity contribution in [2.75, 3.05) is 0 Å². The van der Waals surface area contributed by atoms with Crippen LogP contribution in [0.2, 0.25) is 10.3 Å². The van der Waals surface area contributed by atoms with Gasteiger partial charge in [-0.05, 0) is 6.07 Å². The number of hydrogen-bond acceptors (Lipinski definition) is 2. The molecule has 17 heavy (non-hydrogen) atoms. The Morgan fingerprint density at radius 2 is 2.00 bits per heavy atom. The van der Waals surface area contributed by atoms with Gasteiger partial charge in [0.2, 0.25) is 6.43 Å². The summed E-state index contributed by atoms with van der Waals surface area (Å²) in [4.78, 5) is 13.7. The maximum Gasteiger partial charge on any atom is 0.304 e. The molecule has 0 bridgehead atoms. The van der Waals surface area contributed by atoms with Crippen LogP contribution in [0.5, 0.6) is 0 Å². The maximum atomic E-state index is 13.1. The third kappa shape index (κ3) is 3.47. The second-order valence-corrected chi connectivity index (χ2v) is 3.90. The number of aliphatic carboxylic acids is 1. The van der Waals surface area contributed by atoms with E-state index in [2.05, 4.69) is 4.98 Å². The summed E-state index contributed by atoms with van der Waals surface area (Å²) in [5, 5.41) is 7.51. The monoisotopic (exact) mass is 287 g/mol. The van der Waals surface area contributed by atoms with Gasteiger partial charge in [-0.3, -0.25) is 4.79 Å². The molecule has 1 aromatic heterocycles. The van der Waals surface area contributed by atoms with Crippen LogP contribution in [0, 0.1) is 5.82 Å². The van der Waals surface area contributed by atoms with Crippen LogP contribution in [0.25, 0.3) is 0 Å². The maximum absolute atomic E-state index is 13.1. The first-order chi connectivity index (χ1) is 7.82. The largest absolute Gasteiger partial charge is 0.481 e. The molecule has 0 aliphatic carbocycles. The number of alkyl halides is 2. The van der Waals surface area contributed by atoms with E-state index in [1.54, 1.807) is 0 Å². The molecule has 0 aromatic carbocycles. The summed E-state index contributed by atoms with van der Waals surface area (Å²) in [7, 11) is 0. The zero-order valence-corrected chi connectivity index (χ0v) is 9.64. The summed E-state index contributed by atoms with van der Waals surface area (Å²) in [5.41, 5.74) is -0.369. The number of carbonyl (C=O) groups is 1. The van der Waals surface area contributed by atoms with Gasteiger partial charge >= 0.3 is 5.97 Å². The van der Waals surface area contributed by atoms with Crippen molar-refractivity contribution in [1.82, 2.24) is 4.98 Å². The minimum atomic E-state index is -2.99. The molecule has 0 fully saturated rings. The average Bonchev–Trinajstić information content (AvgIpc) is 2.20. The molecule has 1 heterocycles. The summed E-state index contributed by atoms with van der Waals surface area (Å²) in [6.07, 6.45) is -3.87. The van der Waals surface area contributed by atoms with Crippen molar-refractivity contribution < 1.29 is 23.1 Å². The van der Waals surface area contributed by atoms with E-state index in [0.29, 0.717) is 6.07 Å². The van der Waals surface area contributed by atoms with Crippen molar-refractivity contribution in [3.8, 4) is 0 Å². The first kappa shape index (κ1) is 14.1. The van der Waals surface area contributed by atoms with E-state index < -0.39 is 40.9 Å². The molecule has 0 saturated carbocycles. The molecule has 1 aromatic rings. The van der Waals surface area contributed by atoms with Crippen LogP contribution < -0.4 is 0 Å². The number of carboxylic acid groups (broad SMARTS) is 1. The molecule has 1 N–H and O–H groups in total. The van der Waals surface area contributed by atoms with Gasteiger partial charge < -0.3 is 5.11 Å². The molecule has 0 spiro atoms. The van der Waals surface area contributed by atoms with E-state index >= 15 is 0 Å². The molecule has 1 atom stereocenters. The van der Waals surface area contributed by atoms with Crippen LogP contribution in [-0.2, 0) is 4.79 Å². The third-order valence-electron chi connectivity index (χ3n) is 2.01. The predicted molar refractivity (Wildman–Crippen MR) is 55.2 cm³/mol. The van der Waals surface area contributed by atoms with Gasteiger partial charge in [0, 0.05) is 5.56 Å². The lowest BCUT2D eigenvalue weighted by atomic mass is 9.98. The first-order valence-corrected chi connectivity index (χ1v) is 5.10. The highest BCUT2D eigenvalue weighted by Crippen LogP contribution is 2.33. The number of hydrogen-bond donors (Lipinski definition) is 1. The number of halogens is 5. The number of rotatable bonds is 4. The third-order valence-corrected chi connectivity index (χ3v) is 2.58. The lowest BCUT2D eigenvalue weighted by molar-refractivity contribution is -0.138. The van der Waals surface area contributed by atoms with Crippen molar-refractivity contribution in [2.24, 2.45) is 0 Å². The van der Waals surface area contributed by atoms with Crippen LogP contribution in [0.15, 0.2) is 6.07 Å². The van der Waals surface area contributed by atoms with Crippen molar-refractivity contribution in [1.29, 1.82) is 0 Å². The van der Waals surface area contributed by atoms with Crippen molar-refractivity contribution in [2.45, 2.75) is 18.8 Å². The Labute approximate surface area is 104 Å². The van der Waals surface area contributed by atoms with Gasteiger partial charge in [-0.25, -0.2) is 18.2 Å². The standard InChI is InChI=1S/C9H6Cl2F3NO2/c10-7-3(1-5(12)8(11)15-7)4(9(13)14)2-6(16)17/h1,4,9H,2H2,(H,16,17). The predicted octanol–water partition coefficient (Wildman–Crippen LogP) is 3.35. The topological polar surface area (TPSA) is 50.2 Å². The van der Waals surface area contributed by atoms with Gasteiger partial charge in [0.1, 0.15) is 5.15 Å². The number of carboxylic acids is 1. The Hall–Kier alpha value is -1.01. The highest BCUT2D eigenvalue weighted by Gasteiger charge is 2.28. The molecule has 0 amide bonds. The minimum Gasteiger partial charge on any atom is -0.481 e. The molecule has 0 radical (unpaired) electrons. The lowest BCUT2D eigenvalue weighted by Crippen LogP contribution is -2.15. The summed E-state index contributed by atoms with van der Waals surface area (Å²) in [6.45, 7) is 0. The Bertz CT molecular complexity index is 442. The van der Waals surface area contributed by atoms with Gasteiger partial charge in [-0.15, -0.1) is 0 Å². The lowest BCUT2D eigenvalue weighted by Gasteiger charge is -2.15. The summed E-state index contributed by atoms with van der Waals surface area (Å²) < 4.78 is 38.4.